The summed E-state index contributed by atoms with van der Waals surface area (Å²) in [5, 5.41) is 8.65. The first-order valence-electron chi connectivity index (χ1n) is 4.95. The highest BCUT2D eigenvalue weighted by atomic mass is 19.1. The summed E-state index contributed by atoms with van der Waals surface area (Å²) >= 11 is 0. The Balaban J connectivity index is 2.38. The number of hydrogen-bond acceptors (Lipinski definition) is 3. The zero-order valence-electron chi connectivity index (χ0n) is 8.54. The number of halogens is 2. The van der Waals surface area contributed by atoms with Gasteiger partial charge < -0.3 is 9.64 Å². The number of morpholine rings is 1. The van der Waals surface area contributed by atoms with Crippen LogP contribution in [0.1, 0.15) is 5.56 Å². The molecule has 1 aromatic carbocycles. The molecule has 0 N–H and O–H groups in total. The molecule has 0 spiro atoms. The normalized spacial score (nSPS) is 15.9. The van der Waals surface area contributed by atoms with Gasteiger partial charge in [0.25, 0.3) is 0 Å². The van der Waals surface area contributed by atoms with Gasteiger partial charge in [0.2, 0.25) is 0 Å². The highest BCUT2D eigenvalue weighted by Crippen LogP contribution is 2.24. The molecule has 0 unspecified atom stereocenters. The van der Waals surface area contributed by atoms with Crippen LogP contribution in [0.15, 0.2) is 12.1 Å². The first-order chi connectivity index (χ1) is 7.74. The van der Waals surface area contributed by atoms with Gasteiger partial charge in [-0.05, 0) is 12.1 Å². The molecule has 0 atom stereocenters. The first kappa shape index (κ1) is 10.8. The third-order valence-corrected chi connectivity index (χ3v) is 2.53. The molecule has 0 saturated carbocycles. The molecular formula is C11H10F2N2O. The van der Waals surface area contributed by atoms with Crippen LogP contribution in [0, 0.1) is 23.0 Å². The summed E-state index contributed by atoms with van der Waals surface area (Å²) in [7, 11) is 0. The van der Waals surface area contributed by atoms with Crippen LogP contribution < -0.4 is 4.90 Å². The molecule has 5 heteroatoms. The molecule has 1 fully saturated rings. The Hall–Kier alpha value is -1.67. The maximum atomic E-state index is 13.8. The van der Waals surface area contributed by atoms with Crippen molar-refractivity contribution in [1.29, 1.82) is 5.26 Å². The molecular weight excluding hydrogens is 214 g/mol. The molecule has 1 aromatic rings. The van der Waals surface area contributed by atoms with E-state index in [1.54, 1.807) is 4.90 Å². The highest BCUT2D eigenvalue weighted by Gasteiger charge is 2.19. The SMILES string of the molecule is N#Cc1c(F)ccc(N2CCOCC2)c1F. The van der Waals surface area contributed by atoms with Crippen LogP contribution in [0.3, 0.4) is 0 Å². The minimum Gasteiger partial charge on any atom is -0.378 e. The second-order valence-electron chi connectivity index (χ2n) is 3.47. The van der Waals surface area contributed by atoms with Crippen molar-refractivity contribution in [3.05, 3.63) is 29.3 Å². The maximum absolute atomic E-state index is 13.8. The number of ether oxygens (including phenoxy) is 1. The summed E-state index contributed by atoms with van der Waals surface area (Å²) in [4.78, 5) is 1.75. The summed E-state index contributed by atoms with van der Waals surface area (Å²) in [6.07, 6.45) is 0. The molecule has 2 rings (SSSR count). The van der Waals surface area contributed by atoms with Crippen molar-refractivity contribution in [1.82, 2.24) is 0 Å². The first-order valence-corrected chi connectivity index (χ1v) is 4.95. The van der Waals surface area contributed by atoms with Crippen LogP contribution in [0.2, 0.25) is 0 Å². The minimum absolute atomic E-state index is 0.265. The minimum atomic E-state index is -0.822. The van der Waals surface area contributed by atoms with Crippen molar-refractivity contribution in [2.75, 3.05) is 31.2 Å². The second kappa shape index (κ2) is 4.45. The van der Waals surface area contributed by atoms with Crippen LogP contribution in [0.5, 0.6) is 0 Å². The quantitative estimate of drug-likeness (QED) is 0.728. The van der Waals surface area contributed by atoms with Crippen LogP contribution in [-0.4, -0.2) is 26.3 Å². The summed E-state index contributed by atoms with van der Waals surface area (Å²) in [6.45, 7) is 2.12. The highest BCUT2D eigenvalue weighted by molar-refractivity contribution is 5.54. The Labute approximate surface area is 91.8 Å². The average molecular weight is 224 g/mol. The zero-order valence-corrected chi connectivity index (χ0v) is 8.54. The number of rotatable bonds is 1. The lowest BCUT2D eigenvalue weighted by Gasteiger charge is -2.29. The van der Waals surface area contributed by atoms with Crippen molar-refractivity contribution in [2.24, 2.45) is 0 Å². The number of hydrogen-bond donors (Lipinski definition) is 0. The number of benzene rings is 1. The van der Waals surface area contributed by atoms with E-state index < -0.39 is 17.2 Å². The van der Waals surface area contributed by atoms with Crippen LogP contribution in [0.25, 0.3) is 0 Å². The Morgan fingerprint density at radius 2 is 1.94 bits per heavy atom. The lowest BCUT2D eigenvalue weighted by atomic mass is 10.1. The van der Waals surface area contributed by atoms with Crippen molar-refractivity contribution in [3.8, 4) is 6.07 Å². The Morgan fingerprint density at radius 3 is 2.56 bits per heavy atom. The molecule has 1 aliphatic rings. The smallest absolute Gasteiger partial charge is 0.167 e. The van der Waals surface area contributed by atoms with E-state index in [-0.39, 0.29) is 5.69 Å². The molecule has 0 amide bonds. The van der Waals surface area contributed by atoms with E-state index in [4.69, 9.17) is 10.00 Å². The number of nitrogens with zero attached hydrogens (tertiary/aromatic N) is 2. The summed E-state index contributed by atoms with van der Waals surface area (Å²) < 4.78 is 32.0. The van der Waals surface area contributed by atoms with Gasteiger partial charge in [0, 0.05) is 13.1 Å². The van der Waals surface area contributed by atoms with Gasteiger partial charge in [-0.25, -0.2) is 8.78 Å². The van der Waals surface area contributed by atoms with Crippen LogP contribution in [0.4, 0.5) is 14.5 Å². The molecule has 0 aromatic heterocycles. The van der Waals surface area contributed by atoms with Crippen molar-refractivity contribution in [3.63, 3.8) is 0 Å². The fourth-order valence-electron chi connectivity index (χ4n) is 1.69. The number of nitriles is 1. The summed E-state index contributed by atoms with van der Waals surface area (Å²) in [5.74, 6) is -1.61. The molecule has 3 nitrogen and oxygen atoms in total. The van der Waals surface area contributed by atoms with Gasteiger partial charge in [0.05, 0.1) is 18.9 Å². The fraction of sp³-hybridized carbons (Fsp3) is 0.364. The number of anilines is 1. The molecule has 1 heterocycles. The van der Waals surface area contributed by atoms with Gasteiger partial charge >= 0.3 is 0 Å². The van der Waals surface area contributed by atoms with Crippen molar-refractivity contribution in [2.45, 2.75) is 0 Å². The predicted octanol–water partition coefficient (Wildman–Crippen LogP) is 1.67. The third-order valence-electron chi connectivity index (χ3n) is 2.53. The molecule has 84 valence electrons. The van der Waals surface area contributed by atoms with Gasteiger partial charge in [-0.1, -0.05) is 0 Å². The second-order valence-corrected chi connectivity index (χ2v) is 3.47. The molecule has 0 radical (unpaired) electrons. The van der Waals surface area contributed by atoms with Crippen LogP contribution in [-0.2, 0) is 4.74 Å². The summed E-state index contributed by atoms with van der Waals surface area (Å²) in [6, 6.07) is 4.01. The Bertz CT molecular complexity index is 436. The van der Waals surface area contributed by atoms with Crippen molar-refractivity contribution < 1.29 is 13.5 Å². The van der Waals surface area contributed by atoms with Crippen molar-refractivity contribution >= 4 is 5.69 Å². The van der Waals surface area contributed by atoms with E-state index in [2.05, 4.69) is 0 Å². The lowest BCUT2D eigenvalue weighted by Crippen LogP contribution is -2.36. The lowest BCUT2D eigenvalue weighted by molar-refractivity contribution is 0.122. The fourth-order valence-corrected chi connectivity index (χ4v) is 1.69. The Morgan fingerprint density at radius 1 is 1.25 bits per heavy atom. The van der Waals surface area contributed by atoms with Gasteiger partial charge in [0.1, 0.15) is 17.4 Å². The van der Waals surface area contributed by atoms with E-state index in [9.17, 15) is 8.78 Å². The monoisotopic (exact) mass is 224 g/mol. The Kier molecular flexibility index (Phi) is 3.02. The molecule has 1 saturated heterocycles. The van der Waals surface area contributed by atoms with E-state index in [0.717, 1.165) is 6.07 Å². The van der Waals surface area contributed by atoms with E-state index in [1.165, 1.54) is 12.1 Å². The van der Waals surface area contributed by atoms with E-state index in [1.807, 2.05) is 0 Å². The molecule has 16 heavy (non-hydrogen) atoms. The molecule has 1 aliphatic heterocycles. The van der Waals surface area contributed by atoms with E-state index >= 15 is 0 Å². The molecule has 0 bridgehead atoms. The van der Waals surface area contributed by atoms with Gasteiger partial charge in [-0.3, -0.25) is 0 Å². The molecule has 0 aliphatic carbocycles. The van der Waals surface area contributed by atoms with E-state index in [0.29, 0.717) is 26.3 Å². The van der Waals surface area contributed by atoms with Gasteiger partial charge in [-0.2, -0.15) is 5.26 Å². The zero-order chi connectivity index (χ0) is 11.5. The summed E-state index contributed by atoms with van der Waals surface area (Å²) in [5.41, 5.74) is -0.259. The third kappa shape index (κ3) is 1.84. The maximum Gasteiger partial charge on any atom is 0.167 e. The average Bonchev–Trinajstić information content (AvgIpc) is 2.31. The van der Waals surface area contributed by atoms with Crippen LogP contribution >= 0.6 is 0 Å². The standard InChI is InChI=1S/C11H10F2N2O/c12-9-1-2-10(11(13)8(9)7-14)15-3-5-16-6-4-15/h1-2H,3-6H2. The van der Waals surface area contributed by atoms with Gasteiger partial charge in [-0.15, -0.1) is 0 Å². The predicted molar refractivity (Wildman–Crippen MR) is 54.1 cm³/mol. The van der Waals surface area contributed by atoms with Gasteiger partial charge in [0.15, 0.2) is 5.82 Å². The largest absolute Gasteiger partial charge is 0.378 e. The topological polar surface area (TPSA) is 36.3 Å².